The van der Waals surface area contributed by atoms with Crippen LogP contribution in [0.5, 0.6) is 5.75 Å². The van der Waals surface area contributed by atoms with Gasteiger partial charge in [-0.3, -0.25) is 0 Å². The first-order chi connectivity index (χ1) is 7.56. The minimum Gasteiger partial charge on any atom is -0.493 e. The van der Waals surface area contributed by atoms with Crippen LogP contribution in [0.15, 0.2) is 18.3 Å². The molecule has 1 unspecified atom stereocenters. The molecule has 1 aromatic heterocycles. The third-order valence-corrected chi connectivity index (χ3v) is 2.63. The third-order valence-electron chi connectivity index (χ3n) is 2.46. The van der Waals surface area contributed by atoms with Gasteiger partial charge in [0.1, 0.15) is 0 Å². The standard InChI is InChI=1S/C11H17N3OS/c1-8(7-10(12)16)14(2)11-9(15-3)5-4-6-13-11/h4-6,8H,7H2,1-3H3,(H2,12,16). The molecule has 0 bridgehead atoms. The van der Waals surface area contributed by atoms with Crippen molar-refractivity contribution >= 4 is 23.0 Å². The molecule has 88 valence electrons. The van der Waals surface area contributed by atoms with Gasteiger partial charge < -0.3 is 15.4 Å². The van der Waals surface area contributed by atoms with E-state index in [0.29, 0.717) is 11.4 Å². The predicted octanol–water partition coefficient (Wildman–Crippen LogP) is 1.59. The van der Waals surface area contributed by atoms with Crippen molar-refractivity contribution in [3.05, 3.63) is 18.3 Å². The average Bonchev–Trinajstić information content (AvgIpc) is 2.27. The molecule has 0 aromatic carbocycles. The molecule has 1 heterocycles. The van der Waals surface area contributed by atoms with Crippen LogP contribution in [0.2, 0.25) is 0 Å². The van der Waals surface area contributed by atoms with Crippen LogP contribution in [0, 0.1) is 0 Å². The summed E-state index contributed by atoms with van der Waals surface area (Å²) in [4.78, 5) is 6.82. The first-order valence-corrected chi connectivity index (χ1v) is 5.47. The highest BCUT2D eigenvalue weighted by atomic mass is 32.1. The Morgan fingerprint density at radius 1 is 1.69 bits per heavy atom. The quantitative estimate of drug-likeness (QED) is 0.791. The zero-order valence-corrected chi connectivity index (χ0v) is 10.6. The van der Waals surface area contributed by atoms with Gasteiger partial charge in [0, 0.05) is 25.7 Å². The van der Waals surface area contributed by atoms with E-state index in [0.717, 1.165) is 11.6 Å². The second kappa shape index (κ2) is 5.65. The van der Waals surface area contributed by atoms with E-state index in [-0.39, 0.29) is 6.04 Å². The fourth-order valence-corrected chi connectivity index (χ4v) is 1.68. The van der Waals surface area contributed by atoms with Crippen molar-refractivity contribution in [2.75, 3.05) is 19.1 Å². The van der Waals surface area contributed by atoms with E-state index >= 15 is 0 Å². The number of rotatable bonds is 5. The van der Waals surface area contributed by atoms with Crippen molar-refractivity contribution in [1.29, 1.82) is 0 Å². The lowest BCUT2D eigenvalue weighted by Crippen LogP contribution is -2.33. The Bertz CT molecular complexity index is 370. The van der Waals surface area contributed by atoms with Crippen molar-refractivity contribution in [3.63, 3.8) is 0 Å². The molecular weight excluding hydrogens is 222 g/mol. The lowest BCUT2D eigenvalue weighted by molar-refractivity contribution is 0.412. The van der Waals surface area contributed by atoms with Crippen molar-refractivity contribution in [2.24, 2.45) is 5.73 Å². The van der Waals surface area contributed by atoms with Gasteiger partial charge in [0.05, 0.1) is 12.1 Å². The number of pyridine rings is 1. The first kappa shape index (κ1) is 12.7. The molecule has 0 fully saturated rings. The highest BCUT2D eigenvalue weighted by molar-refractivity contribution is 7.80. The topological polar surface area (TPSA) is 51.4 Å². The van der Waals surface area contributed by atoms with E-state index in [9.17, 15) is 0 Å². The fourth-order valence-electron chi connectivity index (χ4n) is 1.44. The molecule has 4 nitrogen and oxygen atoms in total. The lowest BCUT2D eigenvalue weighted by Gasteiger charge is -2.26. The molecule has 2 N–H and O–H groups in total. The molecule has 0 amide bonds. The smallest absolute Gasteiger partial charge is 0.171 e. The number of nitrogens with two attached hydrogens (primary N) is 1. The van der Waals surface area contributed by atoms with Gasteiger partial charge in [-0.2, -0.15) is 0 Å². The van der Waals surface area contributed by atoms with Crippen LogP contribution in [-0.2, 0) is 0 Å². The van der Waals surface area contributed by atoms with Gasteiger partial charge in [0.2, 0.25) is 0 Å². The molecule has 0 aliphatic rings. The Morgan fingerprint density at radius 3 is 2.94 bits per heavy atom. The summed E-state index contributed by atoms with van der Waals surface area (Å²) in [5, 5.41) is 0. The van der Waals surface area contributed by atoms with E-state index in [1.165, 1.54) is 0 Å². The van der Waals surface area contributed by atoms with E-state index in [1.807, 2.05) is 31.0 Å². The normalized spacial score (nSPS) is 11.9. The van der Waals surface area contributed by atoms with Crippen LogP contribution in [-0.4, -0.2) is 30.2 Å². The van der Waals surface area contributed by atoms with Crippen LogP contribution >= 0.6 is 12.2 Å². The largest absolute Gasteiger partial charge is 0.493 e. The van der Waals surface area contributed by atoms with E-state index in [4.69, 9.17) is 22.7 Å². The molecule has 5 heteroatoms. The van der Waals surface area contributed by atoms with Crippen LogP contribution in [0.25, 0.3) is 0 Å². The fraction of sp³-hybridized carbons (Fsp3) is 0.455. The molecule has 0 aliphatic heterocycles. The van der Waals surface area contributed by atoms with Gasteiger partial charge >= 0.3 is 0 Å². The van der Waals surface area contributed by atoms with E-state index in [2.05, 4.69) is 4.98 Å². The number of hydrogen-bond acceptors (Lipinski definition) is 4. The molecule has 0 saturated carbocycles. The highest BCUT2D eigenvalue weighted by Crippen LogP contribution is 2.25. The minimum absolute atomic E-state index is 0.196. The molecule has 0 saturated heterocycles. The summed E-state index contributed by atoms with van der Waals surface area (Å²) in [7, 11) is 3.58. The van der Waals surface area contributed by atoms with Crippen LogP contribution in [0.4, 0.5) is 5.82 Å². The lowest BCUT2D eigenvalue weighted by atomic mass is 10.2. The van der Waals surface area contributed by atoms with Gasteiger partial charge in [-0.1, -0.05) is 12.2 Å². The van der Waals surface area contributed by atoms with Crippen molar-refractivity contribution in [1.82, 2.24) is 4.98 Å². The second-order valence-electron chi connectivity index (χ2n) is 3.66. The Kier molecular flexibility index (Phi) is 4.49. The van der Waals surface area contributed by atoms with Gasteiger partial charge in [-0.15, -0.1) is 0 Å². The molecule has 1 rings (SSSR count). The first-order valence-electron chi connectivity index (χ1n) is 5.06. The summed E-state index contributed by atoms with van der Waals surface area (Å²) in [6.45, 7) is 2.05. The number of aromatic nitrogens is 1. The number of methoxy groups -OCH3 is 1. The zero-order valence-electron chi connectivity index (χ0n) is 9.80. The average molecular weight is 239 g/mol. The third kappa shape index (κ3) is 3.06. The maximum Gasteiger partial charge on any atom is 0.171 e. The van der Waals surface area contributed by atoms with Gasteiger partial charge in [-0.05, 0) is 19.1 Å². The molecular formula is C11H17N3OS. The van der Waals surface area contributed by atoms with Crippen LogP contribution in [0.3, 0.4) is 0 Å². The number of thiocarbonyl (C=S) groups is 1. The van der Waals surface area contributed by atoms with Crippen molar-refractivity contribution in [2.45, 2.75) is 19.4 Å². The van der Waals surface area contributed by atoms with E-state index < -0.39 is 0 Å². The number of hydrogen-bond donors (Lipinski definition) is 1. The summed E-state index contributed by atoms with van der Waals surface area (Å²) in [5.74, 6) is 1.55. The number of anilines is 1. The monoisotopic (exact) mass is 239 g/mol. The van der Waals surface area contributed by atoms with E-state index in [1.54, 1.807) is 13.3 Å². The Hall–Kier alpha value is -1.36. The SMILES string of the molecule is COc1cccnc1N(C)C(C)CC(N)=S. The van der Waals surface area contributed by atoms with Gasteiger partial charge in [-0.25, -0.2) is 4.98 Å². The Morgan fingerprint density at radius 2 is 2.38 bits per heavy atom. The Balaban J connectivity index is 2.86. The summed E-state index contributed by atoms with van der Waals surface area (Å²) in [6, 6.07) is 3.92. The van der Waals surface area contributed by atoms with Crippen LogP contribution < -0.4 is 15.4 Å². The zero-order chi connectivity index (χ0) is 12.1. The van der Waals surface area contributed by atoms with Crippen molar-refractivity contribution < 1.29 is 4.74 Å². The summed E-state index contributed by atoms with van der Waals surface area (Å²) >= 11 is 4.90. The maximum absolute atomic E-state index is 5.53. The molecule has 0 spiro atoms. The van der Waals surface area contributed by atoms with Gasteiger partial charge in [0.15, 0.2) is 11.6 Å². The summed E-state index contributed by atoms with van der Waals surface area (Å²) in [5.41, 5.74) is 5.53. The number of ether oxygens (including phenoxy) is 1. The molecule has 0 radical (unpaired) electrons. The summed E-state index contributed by atoms with van der Waals surface area (Å²) in [6.07, 6.45) is 2.40. The molecule has 1 aromatic rings. The molecule has 0 aliphatic carbocycles. The molecule has 16 heavy (non-hydrogen) atoms. The maximum atomic E-state index is 5.53. The second-order valence-corrected chi connectivity index (χ2v) is 4.18. The minimum atomic E-state index is 0.196. The molecule has 1 atom stereocenters. The van der Waals surface area contributed by atoms with Gasteiger partial charge in [0.25, 0.3) is 0 Å². The number of nitrogens with zero attached hydrogens (tertiary/aromatic N) is 2. The highest BCUT2D eigenvalue weighted by Gasteiger charge is 2.15. The summed E-state index contributed by atoms with van der Waals surface area (Å²) < 4.78 is 5.25. The Labute approximate surface area is 101 Å². The van der Waals surface area contributed by atoms with Crippen molar-refractivity contribution in [3.8, 4) is 5.75 Å². The van der Waals surface area contributed by atoms with Crippen LogP contribution in [0.1, 0.15) is 13.3 Å². The predicted molar refractivity (Wildman–Crippen MR) is 70.1 cm³/mol.